The van der Waals surface area contributed by atoms with Crippen molar-refractivity contribution in [2.45, 2.75) is 38.0 Å². The van der Waals surface area contributed by atoms with Gasteiger partial charge in [-0.3, -0.25) is 4.84 Å². The van der Waals surface area contributed by atoms with E-state index in [0.717, 1.165) is 5.56 Å². The van der Waals surface area contributed by atoms with Crippen LogP contribution in [0, 0.1) is 0 Å². The number of hydrogen-bond donors (Lipinski definition) is 2. The van der Waals surface area contributed by atoms with Gasteiger partial charge in [-0.15, -0.1) is 0 Å². The number of hydrogen-bond acceptors (Lipinski definition) is 5. The number of rotatable bonds is 5. The average Bonchev–Trinajstić information content (AvgIpc) is 2.73. The Morgan fingerprint density at radius 3 is 2.63 bits per heavy atom. The van der Waals surface area contributed by atoms with Crippen LogP contribution in [-0.4, -0.2) is 28.8 Å². The predicted octanol–water partition coefficient (Wildman–Crippen LogP) is 1.16. The molecule has 0 aromatic heterocycles. The van der Waals surface area contributed by atoms with Crippen LogP contribution in [0.5, 0.6) is 0 Å². The third kappa shape index (κ3) is 2.78. The number of carbonyl (C=O) groups is 1. The van der Waals surface area contributed by atoms with Crippen LogP contribution in [0.3, 0.4) is 0 Å². The summed E-state index contributed by atoms with van der Waals surface area (Å²) in [6.07, 6.45) is 0.379. The van der Waals surface area contributed by atoms with Crippen LogP contribution >= 0.6 is 0 Å². The number of benzene rings is 1. The molecular formula is C14H19NO4. The molecule has 0 aliphatic carbocycles. The molecule has 1 aromatic rings. The average molecular weight is 265 g/mol. The second-order valence-electron chi connectivity index (χ2n) is 5.23. The van der Waals surface area contributed by atoms with E-state index in [0.29, 0.717) is 13.0 Å². The molecule has 1 aliphatic heterocycles. The first-order chi connectivity index (χ1) is 8.96. The minimum Gasteiger partial charge on any atom is -0.464 e. The Hall–Kier alpha value is -1.43. The summed E-state index contributed by atoms with van der Waals surface area (Å²) in [4.78, 5) is 17.3. The predicted molar refractivity (Wildman–Crippen MR) is 69.0 cm³/mol. The monoisotopic (exact) mass is 265 g/mol. The van der Waals surface area contributed by atoms with Crippen molar-refractivity contribution in [3.8, 4) is 0 Å². The fourth-order valence-corrected chi connectivity index (χ4v) is 2.11. The molecule has 2 rings (SSSR count). The molecule has 1 unspecified atom stereocenters. The van der Waals surface area contributed by atoms with Crippen molar-refractivity contribution in [1.29, 1.82) is 0 Å². The Morgan fingerprint density at radius 1 is 1.42 bits per heavy atom. The maximum Gasteiger partial charge on any atom is 0.331 e. The highest BCUT2D eigenvalue weighted by atomic mass is 16.7. The molecule has 1 aromatic carbocycles. The largest absolute Gasteiger partial charge is 0.464 e. The summed E-state index contributed by atoms with van der Waals surface area (Å²) in [6, 6.07) is 9.59. The molecule has 0 amide bonds. The standard InChI is InChI=1S/C14H19NO4/c1-13(2,17)14(8-9-18-12(14)16)15-19-10-11-6-4-3-5-7-11/h3-7,15,17H,8-10H2,1-2H3. The molecule has 5 nitrogen and oxygen atoms in total. The van der Waals surface area contributed by atoms with Gasteiger partial charge in [0.1, 0.15) is 0 Å². The van der Waals surface area contributed by atoms with Crippen molar-refractivity contribution in [3.05, 3.63) is 35.9 Å². The lowest BCUT2D eigenvalue weighted by Gasteiger charge is -2.36. The lowest BCUT2D eigenvalue weighted by Crippen LogP contribution is -2.63. The molecular weight excluding hydrogens is 246 g/mol. The third-order valence-corrected chi connectivity index (χ3v) is 3.43. The van der Waals surface area contributed by atoms with Crippen LogP contribution in [0.2, 0.25) is 0 Å². The minimum atomic E-state index is -1.27. The summed E-state index contributed by atoms with van der Waals surface area (Å²) < 4.78 is 4.96. The van der Waals surface area contributed by atoms with Crippen LogP contribution in [0.15, 0.2) is 30.3 Å². The summed E-state index contributed by atoms with van der Waals surface area (Å²) in [5.74, 6) is -0.479. The molecule has 0 spiro atoms. The van der Waals surface area contributed by atoms with E-state index >= 15 is 0 Å². The number of cyclic esters (lactones) is 1. The number of aliphatic hydroxyl groups is 1. The third-order valence-electron chi connectivity index (χ3n) is 3.43. The van der Waals surface area contributed by atoms with Crippen molar-refractivity contribution in [2.24, 2.45) is 0 Å². The Labute approximate surface area is 112 Å². The Morgan fingerprint density at radius 2 is 2.11 bits per heavy atom. The summed E-state index contributed by atoms with van der Waals surface area (Å²) in [5.41, 5.74) is 1.21. The lowest BCUT2D eigenvalue weighted by atomic mass is 9.82. The molecule has 0 radical (unpaired) electrons. The molecule has 2 N–H and O–H groups in total. The van der Waals surface area contributed by atoms with Crippen LogP contribution in [0.1, 0.15) is 25.8 Å². The summed E-state index contributed by atoms with van der Waals surface area (Å²) in [6.45, 7) is 3.73. The van der Waals surface area contributed by atoms with Crippen LogP contribution in [0.25, 0.3) is 0 Å². The zero-order chi connectivity index (χ0) is 13.9. The first-order valence-electron chi connectivity index (χ1n) is 6.28. The number of hydroxylamine groups is 1. The van der Waals surface area contributed by atoms with E-state index in [4.69, 9.17) is 9.57 Å². The highest BCUT2D eigenvalue weighted by Gasteiger charge is 2.55. The van der Waals surface area contributed by atoms with E-state index in [2.05, 4.69) is 5.48 Å². The van der Waals surface area contributed by atoms with Crippen molar-refractivity contribution >= 4 is 5.97 Å². The number of esters is 1. The Bertz CT molecular complexity index is 441. The molecule has 1 heterocycles. The Kier molecular flexibility index (Phi) is 3.89. The molecule has 19 heavy (non-hydrogen) atoms. The fraction of sp³-hybridized carbons (Fsp3) is 0.500. The van der Waals surface area contributed by atoms with E-state index < -0.39 is 17.1 Å². The first-order valence-corrected chi connectivity index (χ1v) is 6.28. The lowest BCUT2D eigenvalue weighted by molar-refractivity contribution is -0.166. The summed E-state index contributed by atoms with van der Waals surface area (Å²) in [7, 11) is 0. The van der Waals surface area contributed by atoms with Gasteiger partial charge in [-0.1, -0.05) is 30.3 Å². The van der Waals surface area contributed by atoms with Gasteiger partial charge in [0.2, 0.25) is 0 Å². The van der Waals surface area contributed by atoms with Crippen molar-refractivity contribution in [3.63, 3.8) is 0 Å². The van der Waals surface area contributed by atoms with Gasteiger partial charge in [-0.05, 0) is 19.4 Å². The van der Waals surface area contributed by atoms with E-state index in [1.165, 1.54) is 0 Å². The van der Waals surface area contributed by atoms with Gasteiger partial charge in [-0.25, -0.2) is 4.79 Å². The topological polar surface area (TPSA) is 67.8 Å². The molecule has 5 heteroatoms. The summed E-state index contributed by atoms with van der Waals surface area (Å²) >= 11 is 0. The van der Waals surface area contributed by atoms with Crippen LogP contribution in [-0.2, 0) is 21.0 Å². The van der Waals surface area contributed by atoms with Crippen molar-refractivity contribution in [1.82, 2.24) is 5.48 Å². The minimum absolute atomic E-state index is 0.282. The van der Waals surface area contributed by atoms with Gasteiger partial charge in [0, 0.05) is 6.42 Å². The number of carbonyl (C=O) groups excluding carboxylic acids is 1. The fourth-order valence-electron chi connectivity index (χ4n) is 2.11. The quantitative estimate of drug-likeness (QED) is 0.618. The normalized spacial score (nSPS) is 23.4. The molecule has 1 atom stereocenters. The highest BCUT2D eigenvalue weighted by Crippen LogP contribution is 2.31. The van der Waals surface area contributed by atoms with E-state index in [9.17, 15) is 9.90 Å². The SMILES string of the molecule is CC(C)(O)C1(NOCc2ccccc2)CCOC1=O. The molecule has 1 saturated heterocycles. The second kappa shape index (κ2) is 5.28. The van der Waals surface area contributed by atoms with Gasteiger partial charge in [-0.2, -0.15) is 5.48 Å². The zero-order valence-corrected chi connectivity index (χ0v) is 11.2. The zero-order valence-electron chi connectivity index (χ0n) is 11.2. The van der Waals surface area contributed by atoms with E-state index in [-0.39, 0.29) is 6.61 Å². The summed E-state index contributed by atoms with van der Waals surface area (Å²) in [5, 5.41) is 10.2. The first kappa shape index (κ1) is 14.0. The van der Waals surface area contributed by atoms with Gasteiger partial charge in [0.05, 0.1) is 18.8 Å². The van der Waals surface area contributed by atoms with Gasteiger partial charge in [0.25, 0.3) is 0 Å². The second-order valence-corrected chi connectivity index (χ2v) is 5.23. The molecule has 1 fully saturated rings. The van der Waals surface area contributed by atoms with E-state index in [1.54, 1.807) is 13.8 Å². The number of nitrogens with one attached hydrogen (secondary N) is 1. The van der Waals surface area contributed by atoms with Gasteiger partial charge < -0.3 is 9.84 Å². The Balaban J connectivity index is 2.01. The molecule has 104 valence electrons. The number of ether oxygens (including phenoxy) is 1. The van der Waals surface area contributed by atoms with Crippen LogP contribution < -0.4 is 5.48 Å². The highest BCUT2D eigenvalue weighted by molar-refractivity contribution is 5.84. The smallest absolute Gasteiger partial charge is 0.331 e. The molecule has 0 bridgehead atoms. The maximum atomic E-state index is 11.9. The van der Waals surface area contributed by atoms with Crippen molar-refractivity contribution in [2.75, 3.05) is 6.61 Å². The molecule has 0 saturated carbocycles. The van der Waals surface area contributed by atoms with Gasteiger partial charge >= 0.3 is 5.97 Å². The van der Waals surface area contributed by atoms with Crippen molar-refractivity contribution < 1.29 is 19.5 Å². The molecule has 1 aliphatic rings. The van der Waals surface area contributed by atoms with Gasteiger partial charge in [0.15, 0.2) is 5.54 Å². The van der Waals surface area contributed by atoms with E-state index in [1.807, 2.05) is 30.3 Å². The van der Waals surface area contributed by atoms with Crippen LogP contribution in [0.4, 0.5) is 0 Å². The maximum absolute atomic E-state index is 11.9.